The highest BCUT2D eigenvalue weighted by molar-refractivity contribution is 5.90. The second-order valence-corrected chi connectivity index (χ2v) is 7.33. The minimum Gasteiger partial charge on any atom is -0.508 e. The molecule has 2 amide bonds. The Kier molecular flexibility index (Phi) is 4.24. The van der Waals surface area contributed by atoms with Gasteiger partial charge in [-0.05, 0) is 40.5 Å². The number of hydrogen-bond donors (Lipinski definition) is 5. The summed E-state index contributed by atoms with van der Waals surface area (Å²) in [6.45, 7) is 8.48. The average Bonchev–Trinajstić information content (AvgIpc) is 2.21. The number of carbonyl (C=O) groups excluding carboxylic acids is 1. The molecule has 6 heteroatoms. The first-order chi connectivity index (χ1) is 10.0. The lowest BCUT2D eigenvalue weighted by atomic mass is 9.80. The van der Waals surface area contributed by atoms with Gasteiger partial charge in [0.05, 0.1) is 0 Å². The van der Waals surface area contributed by atoms with Crippen molar-refractivity contribution in [2.45, 2.75) is 57.7 Å². The third-order valence-electron chi connectivity index (χ3n) is 3.69. The fourth-order valence-corrected chi connectivity index (χ4v) is 3.44. The molecule has 0 spiro atoms. The molecule has 0 aliphatic carbocycles. The van der Waals surface area contributed by atoms with E-state index in [1.165, 1.54) is 18.2 Å². The standard InChI is InChI=1S/C16H25N3O3/c1-15(2)8-11(9-16(3,4)19-15)18-14(22)17-10-5-12(20)7-13(21)6-10/h5-7,11,19-21H,8-9H2,1-4H3,(H2,17,18,22). The highest BCUT2D eigenvalue weighted by Crippen LogP contribution is 2.29. The van der Waals surface area contributed by atoms with E-state index in [4.69, 9.17) is 0 Å². The van der Waals surface area contributed by atoms with E-state index in [2.05, 4.69) is 43.6 Å². The molecule has 0 radical (unpaired) electrons. The number of phenolic OH excluding ortho intramolecular Hbond substituents is 2. The van der Waals surface area contributed by atoms with Crippen molar-refractivity contribution in [2.75, 3.05) is 5.32 Å². The zero-order valence-corrected chi connectivity index (χ0v) is 13.5. The van der Waals surface area contributed by atoms with Crippen LogP contribution in [0.3, 0.4) is 0 Å². The zero-order chi connectivity index (χ0) is 16.5. The lowest BCUT2D eigenvalue weighted by Crippen LogP contribution is -2.62. The van der Waals surface area contributed by atoms with Crippen molar-refractivity contribution >= 4 is 11.7 Å². The van der Waals surface area contributed by atoms with Gasteiger partial charge in [-0.2, -0.15) is 0 Å². The van der Waals surface area contributed by atoms with Crippen LogP contribution in [-0.4, -0.2) is 33.4 Å². The number of rotatable bonds is 2. The van der Waals surface area contributed by atoms with Crippen molar-refractivity contribution in [1.82, 2.24) is 10.6 Å². The van der Waals surface area contributed by atoms with Crippen LogP contribution in [0, 0.1) is 0 Å². The summed E-state index contributed by atoms with van der Waals surface area (Å²) in [6, 6.07) is 3.69. The number of benzene rings is 1. The molecule has 0 aromatic heterocycles. The maximum absolute atomic E-state index is 12.1. The summed E-state index contributed by atoms with van der Waals surface area (Å²) in [5.74, 6) is -0.195. The van der Waals surface area contributed by atoms with Crippen LogP contribution in [-0.2, 0) is 0 Å². The molecule has 1 aromatic rings. The van der Waals surface area contributed by atoms with E-state index in [-0.39, 0.29) is 34.6 Å². The van der Waals surface area contributed by atoms with Gasteiger partial charge in [-0.15, -0.1) is 0 Å². The summed E-state index contributed by atoms with van der Waals surface area (Å²) in [4.78, 5) is 12.1. The quantitative estimate of drug-likeness (QED) is 0.580. The lowest BCUT2D eigenvalue weighted by Gasteiger charge is -2.46. The summed E-state index contributed by atoms with van der Waals surface area (Å²) in [6.07, 6.45) is 1.66. The first kappa shape index (κ1) is 16.4. The third-order valence-corrected chi connectivity index (χ3v) is 3.69. The van der Waals surface area contributed by atoms with E-state index in [0.717, 1.165) is 12.8 Å². The Morgan fingerprint density at radius 2 is 1.59 bits per heavy atom. The van der Waals surface area contributed by atoms with Crippen LogP contribution in [0.2, 0.25) is 0 Å². The average molecular weight is 307 g/mol. The monoisotopic (exact) mass is 307 g/mol. The lowest BCUT2D eigenvalue weighted by molar-refractivity contribution is 0.149. The van der Waals surface area contributed by atoms with Gasteiger partial charge in [0.15, 0.2) is 0 Å². The molecular weight excluding hydrogens is 282 g/mol. The Balaban J connectivity index is 1.99. The molecule has 0 unspecified atom stereocenters. The van der Waals surface area contributed by atoms with Crippen molar-refractivity contribution < 1.29 is 15.0 Å². The van der Waals surface area contributed by atoms with Crippen LogP contribution in [0.25, 0.3) is 0 Å². The van der Waals surface area contributed by atoms with Crippen molar-refractivity contribution in [3.8, 4) is 11.5 Å². The predicted octanol–water partition coefficient (Wildman–Crippen LogP) is 2.53. The van der Waals surface area contributed by atoms with Crippen molar-refractivity contribution in [3.05, 3.63) is 18.2 Å². The number of hydrogen-bond acceptors (Lipinski definition) is 4. The number of anilines is 1. The molecule has 2 rings (SSSR count). The van der Waals surface area contributed by atoms with Crippen molar-refractivity contribution in [2.24, 2.45) is 0 Å². The second kappa shape index (κ2) is 5.68. The smallest absolute Gasteiger partial charge is 0.319 e. The van der Waals surface area contributed by atoms with E-state index in [1.54, 1.807) is 0 Å². The van der Waals surface area contributed by atoms with Crippen LogP contribution in [0.5, 0.6) is 11.5 Å². The maximum Gasteiger partial charge on any atom is 0.319 e. The predicted molar refractivity (Wildman–Crippen MR) is 86.2 cm³/mol. The molecule has 1 fully saturated rings. The van der Waals surface area contributed by atoms with Crippen LogP contribution >= 0.6 is 0 Å². The highest BCUT2D eigenvalue weighted by atomic mass is 16.3. The van der Waals surface area contributed by atoms with E-state index < -0.39 is 0 Å². The van der Waals surface area contributed by atoms with Crippen LogP contribution < -0.4 is 16.0 Å². The minimum atomic E-state index is -0.344. The van der Waals surface area contributed by atoms with E-state index in [0.29, 0.717) is 5.69 Å². The summed E-state index contributed by atoms with van der Waals surface area (Å²) in [5.41, 5.74) is 0.244. The van der Waals surface area contributed by atoms with E-state index in [9.17, 15) is 15.0 Å². The minimum absolute atomic E-state index is 0.0526. The van der Waals surface area contributed by atoms with Crippen LogP contribution in [0.1, 0.15) is 40.5 Å². The molecular formula is C16H25N3O3. The Bertz CT molecular complexity index is 534. The normalized spacial score (nSPS) is 20.4. The Hall–Kier alpha value is -1.95. The van der Waals surface area contributed by atoms with Gasteiger partial charge in [-0.25, -0.2) is 4.79 Å². The molecule has 1 aliphatic rings. The summed E-state index contributed by atoms with van der Waals surface area (Å²) < 4.78 is 0. The maximum atomic E-state index is 12.1. The molecule has 5 N–H and O–H groups in total. The number of aromatic hydroxyl groups is 2. The van der Waals surface area contributed by atoms with Gasteiger partial charge in [0.2, 0.25) is 0 Å². The number of carbonyl (C=O) groups is 1. The number of amides is 2. The number of urea groups is 1. The molecule has 0 saturated carbocycles. The number of phenols is 2. The topological polar surface area (TPSA) is 93.6 Å². The summed E-state index contributed by atoms with van der Waals surface area (Å²) in [5, 5.41) is 28.0. The Morgan fingerprint density at radius 3 is 2.09 bits per heavy atom. The molecule has 1 saturated heterocycles. The molecule has 0 bridgehead atoms. The summed E-state index contributed by atoms with van der Waals surface area (Å²) >= 11 is 0. The largest absolute Gasteiger partial charge is 0.508 e. The SMILES string of the molecule is CC1(C)CC(NC(=O)Nc2cc(O)cc(O)c2)CC(C)(C)N1. The molecule has 1 aromatic carbocycles. The van der Waals surface area contributed by atoms with Crippen LogP contribution in [0.15, 0.2) is 18.2 Å². The second-order valence-electron chi connectivity index (χ2n) is 7.33. The van der Waals surface area contributed by atoms with Gasteiger partial charge in [0.25, 0.3) is 0 Å². The van der Waals surface area contributed by atoms with Gasteiger partial charge in [0, 0.05) is 41.0 Å². The first-order valence-corrected chi connectivity index (χ1v) is 7.45. The van der Waals surface area contributed by atoms with Gasteiger partial charge in [0.1, 0.15) is 11.5 Å². The third kappa shape index (κ3) is 4.53. The number of piperidine rings is 1. The van der Waals surface area contributed by atoms with Gasteiger partial charge >= 0.3 is 6.03 Å². The van der Waals surface area contributed by atoms with Gasteiger partial charge in [-0.3, -0.25) is 0 Å². The molecule has 22 heavy (non-hydrogen) atoms. The summed E-state index contributed by atoms with van der Waals surface area (Å²) in [7, 11) is 0. The molecule has 1 heterocycles. The molecule has 6 nitrogen and oxygen atoms in total. The van der Waals surface area contributed by atoms with E-state index in [1.807, 2.05) is 0 Å². The fourth-order valence-electron chi connectivity index (χ4n) is 3.44. The zero-order valence-electron chi connectivity index (χ0n) is 13.5. The first-order valence-electron chi connectivity index (χ1n) is 7.45. The fraction of sp³-hybridized carbons (Fsp3) is 0.562. The molecule has 0 atom stereocenters. The Labute approximate surface area is 130 Å². The van der Waals surface area contributed by atoms with Crippen molar-refractivity contribution in [1.29, 1.82) is 0 Å². The highest BCUT2D eigenvalue weighted by Gasteiger charge is 2.38. The van der Waals surface area contributed by atoms with E-state index >= 15 is 0 Å². The molecule has 122 valence electrons. The van der Waals surface area contributed by atoms with Gasteiger partial charge < -0.3 is 26.2 Å². The molecule has 1 aliphatic heterocycles. The van der Waals surface area contributed by atoms with Crippen LogP contribution in [0.4, 0.5) is 10.5 Å². The van der Waals surface area contributed by atoms with Crippen molar-refractivity contribution in [3.63, 3.8) is 0 Å². The Morgan fingerprint density at radius 1 is 1.09 bits per heavy atom. The van der Waals surface area contributed by atoms with Gasteiger partial charge in [-0.1, -0.05) is 0 Å². The number of nitrogens with one attached hydrogen (secondary N) is 3.